The van der Waals surface area contributed by atoms with E-state index in [1.807, 2.05) is 36.4 Å². The lowest BCUT2D eigenvalue weighted by Crippen LogP contribution is -2.00. The van der Waals surface area contributed by atoms with Crippen LogP contribution in [0.5, 0.6) is 11.5 Å². The van der Waals surface area contributed by atoms with Crippen LogP contribution in [0.3, 0.4) is 0 Å². The van der Waals surface area contributed by atoms with Crippen molar-refractivity contribution in [2.24, 2.45) is 5.73 Å². The maximum Gasteiger partial charge on any atom is 0.119 e. The van der Waals surface area contributed by atoms with Gasteiger partial charge in [-0.15, -0.1) is 0 Å². The minimum Gasteiger partial charge on any atom is -0.497 e. The van der Waals surface area contributed by atoms with Crippen molar-refractivity contribution in [2.75, 3.05) is 13.7 Å². The molecule has 3 nitrogen and oxygen atoms in total. The lowest BCUT2D eigenvalue weighted by atomic mass is 10.1. The Morgan fingerprint density at radius 1 is 0.850 bits per heavy atom. The third kappa shape index (κ3) is 4.28. The molecular weight excluding hydrogens is 250 g/mol. The molecule has 0 aromatic heterocycles. The summed E-state index contributed by atoms with van der Waals surface area (Å²) in [4.78, 5) is 0. The number of nitrogens with two attached hydrogens (primary N) is 1. The Kier molecular flexibility index (Phi) is 5.44. The van der Waals surface area contributed by atoms with Gasteiger partial charge in [0.25, 0.3) is 0 Å². The fraction of sp³-hybridized carbons (Fsp3) is 0.294. The van der Waals surface area contributed by atoms with E-state index in [9.17, 15) is 0 Å². The van der Waals surface area contributed by atoms with Crippen molar-refractivity contribution in [2.45, 2.75) is 19.4 Å². The normalized spacial score (nSPS) is 10.3. The molecule has 0 radical (unpaired) electrons. The van der Waals surface area contributed by atoms with E-state index in [1.54, 1.807) is 7.11 Å². The second-order valence-corrected chi connectivity index (χ2v) is 4.67. The van der Waals surface area contributed by atoms with E-state index in [-0.39, 0.29) is 0 Å². The van der Waals surface area contributed by atoms with E-state index in [0.717, 1.165) is 36.4 Å². The van der Waals surface area contributed by atoms with E-state index in [1.165, 1.54) is 5.56 Å². The van der Waals surface area contributed by atoms with Gasteiger partial charge in [-0.2, -0.15) is 0 Å². The molecule has 106 valence electrons. The smallest absolute Gasteiger partial charge is 0.119 e. The van der Waals surface area contributed by atoms with E-state index in [2.05, 4.69) is 12.1 Å². The molecule has 3 heteroatoms. The minimum atomic E-state index is 0.562. The molecule has 2 rings (SSSR count). The van der Waals surface area contributed by atoms with E-state index in [4.69, 9.17) is 15.2 Å². The van der Waals surface area contributed by atoms with Crippen molar-refractivity contribution >= 4 is 0 Å². The zero-order valence-electron chi connectivity index (χ0n) is 11.8. The van der Waals surface area contributed by atoms with Crippen LogP contribution < -0.4 is 15.2 Å². The molecule has 20 heavy (non-hydrogen) atoms. The summed E-state index contributed by atoms with van der Waals surface area (Å²) < 4.78 is 10.9. The van der Waals surface area contributed by atoms with Crippen LogP contribution in [0.15, 0.2) is 48.5 Å². The third-order valence-electron chi connectivity index (χ3n) is 3.16. The number of methoxy groups -OCH3 is 1. The van der Waals surface area contributed by atoms with E-state index < -0.39 is 0 Å². The van der Waals surface area contributed by atoms with Crippen LogP contribution in [0.4, 0.5) is 0 Å². The average Bonchev–Trinajstić information content (AvgIpc) is 2.52. The molecule has 2 aromatic carbocycles. The van der Waals surface area contributed by atoms with Crippen LogP contribution >= 0.6 is 0 Å². The summed E-state index contributed by atoms with van der Waals surface area (Å²) in [5, 5.41) is 0. The Hall–Kier alpha value is -2.00. The molecule has 0 aliphatic heterocycles. The molecule has 0 aliphatic carbocycles. The van der Waals surface area contributed by atoms with Crippen LogP contribution in [0.1, 0.15) is 17.5 Å². The number of ether oxygens (including phenoxy) is 2. The second-order valence-electron chi connectivity index (χ2n) is 4.67. The first-order valence-corrected chi connectivity index (χ1v) is 6.86. The lowest BCUT2D eigenvalue weighted by molar-refractivity contribution is 0.306. The molecule has 0 unspecified atom stereocenters. The highest BCUT2D eigenvalue weighted by Gasteiger charge is 1.98. The topological polar surface area (TPSA) is 44.5 Å². The highest BCUT2D eigenvalue weighted by atomic mass is 16.5. The summed E-state index contributed by atoms with van der Waals surface area (Å²) in [5.41, 5.74) is 7.93. The predicted octanol–water partition coefficient (Wildman–Crippen LogP) is 3.17. The van der Waals surface area contributed by atoms with Crippen molar-refractivity contribution in [3.05, 3.63) is 59.7 Å². The fourth-order valence-electron chi connectivity index (χ4n) is 1.95. The van der Waals surface area contributed by atoms with Crippen molar-refractivity contribution in [1.82, 2.24) is 0 Å². The zero-order chi connectivity index (χ0) is 14.2. The van der Waals surface area contributed by atoms with Gasteiger partial charge in [-0.25, -0.2) is 0 Å². The van der Waals surface area contributed by atoms with Gasteiger partial charge in [-0.1, -0.05) is 24.3 Å². The van der Waals surface area contributed by atoms with Crippen LogP contribution in [0, 0.1) is 0 Å². The van der Waals surface area contributed by atoms with E-state index in [0.29, 0.717) is 6.61 Å². The summed E-state index contributed by atoms with van der Waals surface area (Å²) >= 11 is 0. The highest BCUT2D eigenvalue weighted by molar-refractivity contribution is 5.29. The maximum absolute atomic E-state index is 5.76. The first-order chi connectivity index (χ1) is 9.81. The van der Waals surface area contributed by atoms with Gasteiger partial charge in [-0.3, -0.25) is 0 Å². The zero-order valence-corrected chi connectivity index (χ0v) is 11.8. The summed E-state index contributed by atoms with van der Waals surface area (Å²) in [7, 11) is 1.66. The minimum absolute atomic E-state index is 0.562. The molecular formula is C17H21NO2. The van der Waals surface area contributed by atoms with Gasteiger partial charge in [0, 0.05) is 0 Å². The third-order valence-corrected chi connectivity index (χ3v) is 3.16. The Morgan fingerprint density at radius 2 is 1.45 bits per heavy atom. The summed E-state index contributed by atoms with van der Waals surface area (Å²) in [6, 6.07) is 16.1. The molecule has 0 spiro atoms. The number of aryl methyl sites for hydroxylation is 1. The van der Waals surface area contributed by atoms with Crippen LogP contribution in [0.25, 0.3) is 0 Å². The molecule has 2 aromatic rings. The quantitative estimate of drug-likeness (QED) is 0.841. The molecule has 2 N–H and O–H groups in total. The number of hydrogen-bond donors (Lipinski definition) is 1. The first kappa shape index (κ1) is 14.4. The van der Waals surface area contributed by atoms with Gasteiger partial charge in [0.05, 0.1) is 7.11 Å². The number of hydrogen-bond acceptors (Lipinski definition) is 3. The molecule has 0 amide bonds. The Labute approximate surface area is 120 Å². The van der Waals surface area contributed by atoms with Gasteiger partial charge < -0.3 is 15.2 Å². The van der Waals surface area contributed by atoms with Gasteiger partial charge in [0.2, 0.25) is 0 Å². The average molecular weight is 271 g/mol. The Balaban J connectivity index is 1.86. The molecule has 0 aliphatic rings. The lowest BCUT2D eigenvalue weighted by Gasteiger charge is -2.08. The van der Waals surface area contributed by atoms with Crippen LogP contribution in [-0.4, -0.2) is 13.7 Å². The largest absolute Gasteiger partial charge is 0.497 e. The number of rotatable bonds is 7. The molecule has 0 heterocycles. The van der Waals surface area contributed by atoms with Crippen molar-refractivity contribution in [1.29, 1.82) is 0 Å². The van der Waals surface area contributed by atoms with Crippen LogP contribution in [0.2, 0.25) is 0 Å². The first-order valence-electron chi connectivity index (χ1n) is 6.86. The highest BCUT2D eigenvalue weighted by Crippen LogP contribution is 2.16. The number of benzene rings is 2. The van der Waals surface area contributed by atoms with Crippen molar-refractivity contribution in [3.63, 3.8) is 0 Å². The predicted molar refractivity (Wildman–Crippen MR) is 81.1 cm³/mol. The van der Waals surface area contributed by atoms with E-state index >= 15 is 0 Å². The van der Waals surface area contributed by atoms with Gasteiger partial charge in [0.15, 0.2) is 0 Å². The molecule has 0 saturated carbocycles. The van der Waals surface area contributed by atoms with Gasteiger partial charge in [0.1, 0.15) is 18.1 Å². The fourth-order valence-corrected chi connectivity index (χ4v) is 1.95. The summed E-state index contributed by atoms with van der Waals surface area (Å²) in [6.45, 7) is 1.29. The molecule has 0 bridgehead atoms. The van der Waals surface area contributed by atoms with Crippen molar-refractivity contribution < 1.29 is 9.47 Å². The van der Waals surface area contributed by atoms with Gasteiger partial charge in [-0.05, 0) is 54.8 Å². The van der Waals surface area contributed by atoms with Gasteiger partial charge >= 0.3 is 0 Å². The molecule has 0 atom stereocenters. The molecule has 0 fully saturated rings. The Bertz CT molecular complexity index is 506. The second kappa shape index (κ2) is 7.56. The monoisotopic (exact) mass is 271 g/mol. The standard InChI is InChI=1S/C17H21NO2/c1-19-16-8-6-15(7-9-16)13-20-17-10-4-14(5-11-17)3-2-12-18/h4-11H,2-3,12-13,18H2,1H3. The summed E-state index contributed by atoms with van der Waals surface area (Å²) in [5.74, 6) is 1.75. The Morgan fingerprint density at radius 3 is 2.05 bits per heavy atom. The SMILES string of the molecule is COc1ccc(COc2ccc(CCCN)cc2)cc1. The maximum atomic E-state index is 5.76. The van der Waals surface area contributed by atoms with Crippen LogP contribution in [-0.2, 0) is 13.0 Å². The molecule has 0 saturated heterocycles. The summed E-state index contributed by atoms with van der Waals surface area (Å²) in [6.07, 6.45) is 2.04. The van der Waals surface area contributed by atoms with Crippen molar-refractivity contribution in [3.8, 4) is 11.5 Å².